The van der Waals surface area contributed by atoms with Crippen molar-refractivity contribution in [3.63, 3.8) is 0 Å². The number of aliphatic hydroxyl groups excluding tert-OH is 1. The SMILES string of the molecule is Cc1cc(-c2nc3cccnn3c2-c2ccnc(NC(=O)NCCCCO)c2)ccc1F.Cl. The zero-order valence-corrected chi connectivity index (χ0v) is 18.8. The number of carbonyl (C=O) groups excluding carboxylic acids is 1. The number of hydrogen-bond acceptors (Lipinski definition) is 5. The van der Waals surface area contributed by atoms with Gasteiger partial charge in [-0.3, -0.25) is 5.32 Å². The van der Waals surface area contributed by atoms with Crippen LogP contribution in [0.15, 0.2) is 54.9 Å². The summed E-state index contributed by atoms with van der Waals surface area (Å²) in [6.45, 7) is 2.26. The van der Waals surface area contributed by atoms with Gasteiger partial charge < -0.3 is 10.4 Å². The predicted octanol–water partition coefficient (Wildman–Crippen LogP) is 4.22. The van der Waals surface area contributed by atoms with Crippen molar-refractivity contribution >= 4 is 29.9 Å². The minimum Gasteiger partial charge on any atom is -0.396 e. The molecule has 0 aliphatic carbocycles. The van der Waals surface area contributed by atoms with E-state index in [-0.39, 0.29) is 30.9 Å². The second-order valence-electron chi connectivity index (χ2n) is 7.31. The number of carbonyl (C=O) groups is 1. The van der Waals surface area contributed by atoms with E-state index in [1.165, 1.54) is 6.07 Å². The van der Waals surface area contributed by atoms with Gasteiger partial charge >= 0.3 is 6.03 Å². The van der Waals surface area contributed by atoms with Crippen LogP contribution in [-0.2, 0) is 0 Å². The first-order valence-corrected chi connectivity index (χ1v) is 10.3. The standard InChI is InChI=1S/C23H23FN6O2.ClH/c1-15-13-16(6-7-18(15)24)21-22(30-20(29-21)5-4-10-27-30)17-8-11-25-19(14-17)28-23(32)26-9-2-3-12-31;/h4-8,10-11,13-14,31H,2-3,9,12H2,1H3,(H2,25,26,28,32);1H. The number of aliphatic hydroxyl groups is 1. The number of nitrogens with zero attached hydrogens (tertiary/aromatic N) is 4. The number of imidazole rings is 1. The molecule has 0 aliphatic rings. The molecule has 0 radical (unpaired) electrons. The van der Waals surface area contributed by atoms with Gasteiger partial charge in [-0.25, -0.2) is 23.7 Å². The van der Waals surface area contributed by atoms with Crippen molar-refractivity contribution in [3.8, 4) is 22.5 Å². The number of hydrogen-bond donors (Lipinski definition) is 3. The molecule has 2 amide bonds. The number of rotatable bonds is 7. The zero-order valence-electron chi connectivity index (χ0n) is 18.0. The molecule has 4 rings (SSSR count). The van der Waals surface area contributed by atoms with Crippen molar-refractivity contribution in [2.45, 2.75) is 19.8 Å². The lowest BCUT2D eigenvalue weighted by molar-refractivity contribution is 0.250. The van der Waals surface area contributed by atoms with Crippen LogP contribution in [0.25, 0.3) is 28.2 Å². The third kappa shape index (κ3) is 5.44. The third-order valence-electron chi connectivity index (χ3n) is 4.97. The average Bonchev–Trinajstić information content (AvgIpc) is 3.18. The van der Waals surface area contributed by atoms with E-state index in [1.807, 2.05) is 12.1 Å². The number of benzene rings is 1. The summed E-state index contributed by atoms with van der Waals surface area (Å²) in [5.41, 5.74) is 4.04. The van der Waals surface area contributed by atoms with Gasteiger partial charge in [0.1, 0.15) is 17.3 Å². The van der Waals surface area contributed by atoms with Crippen LogP contribution >= 0.6 is 12.4 Å². The Morgan fingerprint density at radius 1 is 1.12 bits per heavy atom. The maximum absolute atomic E-state index is 13.8. The molecule has 10 heteroatoms. The molecule has 1 aromatic carbocycles. The normalized spacial score (nSPS) is 10.6. The van der Waals surface area contributed by atoms with Crippen molar-refractivity contribution in [2.75, 3.05) is 18.5 Å². The van der Waals surface area contributed by atoms with Crippen LogP contribution in [0.3, 0.4) is 0 Å². The van der Waals surface area contributed by atoms with E-state index in [2.05, 4.69) is 20.7 Å². The molecule has 3 heterocycles. The Balaban J connectivity index is 0.00000306. The van der Waals surface area contributed by atoms with Gasteiger partial charge in [0.2, 0.25) is 0 Å². The Morgan fingerprint density at radius 2 is 1.97 bits per heavy atom. The monoisotopic (exact) mass is 470 g/mol. The highest BCUT2D eigenvalue weighted by Crippen LogP contribution is 2.33. The van der Waals surface area contributed by atoms with E-state index >= 15 is 0 Å². The summed E-state index contributed by atoms with van der Waals surface area (Å²) in [4.78, 5) is 21.1. The fraction of sp³-hybridized carbons (Fsp3) is 0.217. The number of amides is 2. The summed E-state index contributed by atoms with van der Waals surface area (Å²) in [6, 6.07) is 11.7. The molecule has 0 aliphatic heterocycles. The van der Waals surface area contributed by atoms with Gasteiger partial charge in [0.05, 0.1) is 5.69 Å². The summed E-state index contributed by atoms with van der Waals surface area (Å²) in [6.07, 6.45) is 4.57. The van der Waals surface area contributed by atoms with Crippen LogP contribution in [0.1, 0.15) is 18.4 Å². The number of pyridine rings is 1. The van der Waals surface area contributed by atoms with Gasteiger partial charge in [0.25, 0.3) is 0 Å². The Labute approximate surface area is 196 Å². The summed E-state index contributed by atoms with van der Waals surface area (Å²) < 4.78 is 15.6. The average molecular weight is 471 g/mol. The number of urea groups is 1. The Kier molecular flexibility index (Phi) is 7.92. The second kappa shape index (κ2) is 10.8. The van der Waals surface area contributed by atoms with E-state index < -0.39 is 0 Å². The number of halogens is 2. The minimum atomic E-state index is -0.377. The fourth-order valence-electron chi connectivity index (χ4n) is 3.39. The molecule has 0 bridgehead atoms. The predicted molar refractivity (Wildman–Crippen MR) is 127 cm³/mol. The summed E-state index contributed by atoms with van der Waals surface area (Å²) in [5.74, 6) is 0.0897. The number of anilines is 1. The van der Waals surface area contributed by atoms with Crippen LogP contribution < -0.4 is 10.6 Å². The van der Waals surface area contributed by atoms with Crippen molar-refractivity contribution in [3.05, 3.63) is 66.2 Å². The quantitative estimate of drug-likeness (QED) is 0.351. The summed E-state index contributed by atoms with van der Waals surface area (Å²) in [7, 11) is 0. The van der Waals surface area contributed by atoms with Crippen LogP contribution in [-0.4, -0.2) is 43.9 Å². The number of unbranched alkanes of at least 4 members (excludes halogenated alkanes) is 1. The highest BCUT2D eigenvalue weighted by atomic mass is 35.5. The maximum Gasteiger partial charge on any atom is 0.320 e. The summed E-state index contributed by atoms with van der Waals surface area (Å²) in [5, 5.41) is 18.7. The molecule has 0 saturated carbocycles. The molecule has 172 valence electrons. The molecular formula is C23H24ClFN6O2. The van der Waals surface area contributed by atoms with Crippen LogP contribution in [0.4, 0.5) is 15.0 Å². The van der Waals surface area contributed by atoms with Gasteiger partial charge in [0, 0.05) is 36.7 Å². The lowest BCUT2D eigenvalue weighted by Crippen LogP contribution is -2.29. The Morgan fingerprint density at radius 3 is 2.76 bits per heavy atom. The van der Waals surface area contributed by atoms with E-state index in [0.29, 0.717) is 47.8 Å². The largest absolute Gasteiger partial charge is 0.396 e. The van der Waals surface area contributed by atoms with Gasteiger partial charge in [-0.15, -0.1) is 12.4 Å². The van der Waals surface area contributed by atoms with Gasteiger partial charge in [0.15, 0.2) is 5.65 Å². The van der Waals surface area contributed by atoms with E-state index in [0.717, 1.165) is 11.1 Å². The molecule has 0 fully saturated rings. The number of aryl methyl sites for hydroxylation is 1. The first-order chi connectivity index (χ1) is 15.6. The lowest BCUT2D eigenvalue weighted by Gasteiger charge is -2.09. The van der Waals surface area contributed by atoms with Crippen molar-refractivity contribution in [1.29, 1.82) is 0 Å². The molecule has 0 saturated heterocycles. The van der Waals surface area contributed by atoms with E-state index in [9.17, 15) is 9.18 Å². The fourth-order valence-corrected chi connectivity index (χ4v) is 3.39. The van der Waals surface area contributed by atoms with Crippen LogP contribution in [0, 0.1) is 12.7 Å². The molecule has 33 heavy (non-hydrogen) atoms. The molecular weight excluding hydrogens is 447 g/mol. The summed E-state index contributed by atoms with van der Waals surface area (Å²) >= 11 is 0. The van der Waals surface area contributed by atoms with Crippen LogP contribution in [0.5, 0.6) is 0 Å². The molecule has 8 nitrogen and oxygen atoms in total. The number of nitrogens with one attached hydrogen (secondary N) is 2. The van der Waals surface area contributed by atoms with Gasteiger partial charge in [-0.1, -0.05) is 0 Å². The lowest BCUT2D eigenvalue weighted by atomic mass is 10.0. The topological polar surface area (TPSA) is 104 Å². The van der Waals surface area contributed by atoms with Crippen molar-refractivity contribution < 1.29 is 14.3 Å². The van der Waals surface area contributed by atoms with Crippen molar-refractivity contribution in [1.82, 2.24) is 24.9 Å². The number of fused-ring (bicyclic) bond motifs is 1. The molecule has 0 atom stereocenters. The molecule has 3 aromatic heterocycles. The first-order valence-electron chi connectivity index (χ1n) is 10.3. The van der Waals surface area contributed by atoms with E-state index in [1.54, 1.807) is 48.1 Å². The molecule has 4 aromatic rings. The molecule has 3 N–H and O–H groups in total. The minimum absolute atomic E-state index is 0. The Hall–Kier alpha value is -3.56. The second-order valence-corrected chi connectivity index (χ2v) is 7.31. The third-order valence-corrected chi connectivity index (χ3v) is 4.97. The first kappa shape index (κ1) is 24.1. The smallest absolute Gasteiger partial charge is 0.320 e. The van der Waals surface area contributed by atoms with E-state index in [4.69, 9.17) is 10.1 Å². The van der Waals surface area contributed by atoms with Gasteiger partial charge in [-0.05, 0) is 67.8 Å². The molecule has 0 unspecified atom stereocenters. The van der Waals surface area contributed by atoms with Gasteiger partial charge in [-0.2, -0.15) is 5.10 Å². The highest BCUT2D eigenvalue weighted by Gasteiger charge is 2.18. The highest BCUT2D eigenvalue weighted by molar-refractivity contribution is 5.89. The Bertz CT molecular complexity index is 1260. The van der Waals surface area contributed by atoms with Crippen LogP contribution in [0.2, 0.25) is 0 Å². The maximum atomic E-state index is 13.8. The van der Waals surface area contributed by atoms with Crippen molar-refractivity contribution in [2.24, 2.45) is 0 Å². The zero-order chi connectivity index (χ0) is 22.5. The molecule has 0 spiro atoms. The number of aromatic nitrogens is 4.